The third-order valence-corrected chi connectivity index (χ3v) is 3.73. The summed E-state index contributed by atoms with van der Waals surface area (Å²) < 4.78 is 0. The zero-order chi connectivity index (χ0) is 15.4. The molecule has 1 amide bonds. The molecule has 0 aliphatic heterocycles. The van der Waals surface area contributed by atoms with Crippen LogP contribution in [0.1, 0.15) is 25.7 Å². The predicted molar refractivity (Wildman–Crippen MR) is 72.2 cm³/mol. The number of amides is 1. The lowest BCUT2D eigenvalue weighted by Crippen LogP contribution is -2.42. The first-order chi connectivity index (χ1) is 9.99. The van der Waals surface area contributed by atoms with Crippen molar-refractivity contribution < 1.29 is 19.6 Å². The molecule has 0 spiro atoms. The molecule has 1 saturated carbocycles. The lowest BCUT2D eigenvalue weighted by molar-refractivity contribution is -0.384. The second-order valence-corrected chi connectivity index (χ2v) is 5.11. The summed E-state index contributed by atoms with van der Waals surface area (Å²) in [6, 6.07) is 5.56. The average molecular weight is 291 g/mol. The fourth-order valence-corrected chi connectivity index (χ4v) is 2.66. The Morgan fingerprint density at radius 3 is 2.48 bits per heavy atom. The standard InChI is InChI=1S/C14H16N2O5/c17-13(11-6-1-2-7-12(11)14(18)19)15-9-4-3-5-10(8-9)16(20)21/h3-5,8,11-12H,1-2,6-7H2,(H,15,17)(H,18,19)/p-1/t11-,12-/m1/s1. The summed E-state index contributed by atoms with van der Waals surface area (Å²) in [5.41, 5.74) is 0.157. The van der Waals surface area contributed by atoms with E-state index in [4.69, 9.17) is 0 Å². The first-order valence-electron chi connectivity index (χ1n) is 6.75. The Labute approximate surface area is 121 Å². The highest BCUT2D eigenvalue weighted by Crippen LogP contribution is 2.31. The van der Waals surface area contributed by atoms with Gasteiger partial charge in [0.25, 0.3) is 5.69 Å². The number of carboxylic acid groups (broad SMARTS) is 1. The molecule has 7 heteroatoms. The molecule has 112 valence electrons. The number of carbonyl (C=O) groups excluding carboxylic acids is 2. The monoisotopic (exact) mass is 291 g/mol. The summed E-state index contributed by atoms with van der Waals surface area (Å²) in [6.07, 6.45) is 2.46. The van der Waals surface area contributed by atoms with Gasteiger partial charge in [-0.3, -0.25) is 14.9 Å². The largest absolute Gasteiger partial charge is 0.550 e. The van der Waals surface area contributed by atoms with E-state index in [9.17, 15) is 24.8 Å². The SMILES string of the molecule is O=C([O-])[C@@H]1CCCC[C@H]1C(=O)Nc1cccc([N+](=O)[O-])c1. The molecule has 1 aliphatic rings. The summed E-state index contributed by atoms with van der Waals surface area (Å²) in [5, 5.41) is 24.3. The third-order valence-electron chi connectivity index (χ3n) is 3.73. The van der Waals surface area contributed by atoms with Gasteiger partial charge in [-0.25, -0.2) is 0 Å². The quantitative estimate of drug-likeness (QED) is 0.659. The normalized spacial score (nSPS) is 21.5. The maximum absolute atomic E-state index is 12.2. The molecule has 21 heavy (non-hydrogen) atoms. The Morgan fingerprint density at radius 1 is 1.19 bits per heavy atom. The van der Waals surface area contributed by atoms with E-state index < -0.39 is 28.6 Å². The highest BCUT2D eigenvalue weighted by molar-refractivity contribution is 5.95. The molecule has 0 saturated heterocycles. The van der Waals surface area contributed by atoms with Gasteiger partial charge in [-0.05, 0) is 18.9 Å². The van der Waals surface area contributed by atoms with Crippen LogP contribution in [-0.2, 0) is 9.59 Å². The number of nitro benzene ring substituents is 1. The Balaban J connectivity index is 2.11. The predicted octanol–water partition coefficient (Wildman–Crippen LogP) is 1.09. The molecular weight excluding hydrogens is 276 g/mol. The fraction of sp³-hybridized carbons (Fsp3) is 0.429. The molecule has 2 atom stereocenters. The maximum Gasteiger partial charge on any atom is 0.271 e. The van der Waals surface area contributed by atoms with Crippen LogP contribution in [0, 0.1) is 22.0 Å². The van der Waals surface area contributed by atoms with Gasteiger partial charge in [-0.1, -0.05) is 18.9 Å². The number of anilines is 1. The molecule has 2 rings (SSSR count). The second-order valence-electron chi connectivity index (χ2n) is 5.11. The van der Waals surface area contributed by atoms with Gasteiger partial charge in [0, 0.05) is 35.6 Å². The van der Waals surface area contributed by atoms with Crippen LogP contribution in [0.4, 0.5) is 11.4 Å². The Morgan fingerprint density at radius 2 is 1.86 bits per heavy atom. The van der Waals surface area contributed by atoms with Crippen molar-refractivity contribution in [3.63, 3.8) is 0 Å². The molecule has 1 fully saturated rings. The zero-order valence-corrected chi connectivity index (χ0v) is 11.3. The van der Waals surface area contributed by atoms with Crippen molar-refractivity contribution in [3.05, 3.63) is 34.4 Å². The molecule has 1 N–H and O–H groups in total. The Kier molecular flexibility index (Phi) is 4.52. The number of nitrogens with one attached hydrogen (secondary N) is 1. The van der Waals surface area contributed by atoms with Gasteiger partial charge < -0.3 is 15.2 Å². The van der Waals surface area contributed by atoms with Crippen molar-refractivity contribution in [1.29, 1.82) is 0 Å². The minimum absolute atomic E-state index is 0.132. The maximum atomic E-state index is 12.2. The van der Waals surface area contributed by atoms with Crippen LogP contribution in [0.15, 0.2) is 24.3 Å². The highest BCUT2D eigenvalue weighted by Gasteiger charge is 2.31. The van der Waals surface area contributed by atoms with Crippen LogP contribution in [0.25, 0.3) is 0 Å². The van der Waals surface area contributed by atoms with Crippen molar-refractivity contribution in [3.8, 4) is 0 Å². The van der Waals surface area contributed by atoms with Gasteiger partial charge in [0.15, 0.2) is 0 Å². The van der Waals surface area contributed by atoms with Crippen molar-refractivity contribution in [1.82, 2.24) is 0 Å². The van der Waals surface area contributed by atoms with E-state index in [1.165, 1.54) is 24.3 Å². The molecule has 0 unspecified atom stereocenters. The van der Waals surface area contributed by atoms with Gasteiger partial charge in [0.2, 0.25) is 5.91 Å². The molecule has 1 aromatic carbocycles. The number of aliphatic carboxylic acids is 1. The molecule has 7 nitrogen and oxygen atoms in total. The number of hydrogen-bond acceptors (Lipinski definition) is 5. The van der Waals surface area contributed by atoms with Gasteiger partial charge in [-0.15, -0.1) is 0 Å². The first-order valence-corrected chi connectivity index (χ1v) is 6.75. The van der Waals surface area contributed by atoms with Gasteiger partial charge in [0.1, 0.15) is 0 Å². The summed E-state index contributed by atoms with van der Waals surface area (Å²) >= 11 is 0. The first kappa shape index (κ1) is 15.0. The summed E-state index contributed by atoms with van der Waals surface area (Å²) in [6.45, 7) is 0. The number of rotatable bonds is 4. The smallest absolute Gasteiger partial charge is 0.271 e. The van der Waals surface area contributed by atoms with E-state index in [2.05, 4.69) is 5.32 Å². The molecule has 0 radical (unpaired) electrons. The zero-order valence-electron chi connectivity index (χ0n) is 11.3. The molecule has 1 aliphatic carbocycles. The van der Waals surface area contributed by atoms with Crippen LogP contribution in [0.3, 0.4) is 0 Å². The number of carbonyl (C=O) groups is 2. The van der Waals surface area contributed by atoms with E-state index in [0.717, 1.165) is 12.8 Å². The van der Waals surface area contributed by atoms with Crippen molar-refractivity contribution >= 4 is 23.3 Å². The van der Waals surface area contributed by atoms with E-state index in [0.29, 0.717) is 12.8 Å². The van der Waals surface area contributed by atoms with E-state index in [-0.39, 0.29) is 11.4 Å². The third kappa shape index (κ3) is 3.56. The van der Waals surface area contributed by atoms with E-state index in [1.807, 2.05) is 0 Å². The minimum atomic E-state index is -1.21. The van der Waals surface area contributed by atoms with Crippen LogP contribution in [0.2, 0.25) is 0 Å². The molecule has 0 heterocycles. The molecule has 1 aromatic rings. The molecule has 0 aromatic heterocycles. The lowest BCUT2D eigenvalue weighted by Gasteiger charge is -2.31. The number of carboxylic acids is 1. The minimum Gasteiger partial charge on any atom is -0.550 e. The number of hydrogen-bond donors (Lipinski definition) is 1. The topological polar surface area (TPSA) is 112 Å². The summed E-state index contributed by atoms with van der Waals surface area (Å²) in [4.78, 5) is 33.4. The van der Waals surface area contributed by atoms with Crippen molar-refractivity contribution in [2.24, 2.45) is 11.8 Å². The van der Waals surface area contributed by atoms with Gasteiger partial charge >= 0.3 is 0 Å². The summed E-state index contributed by atoms with van der Waals surface area (Å²) in [7, 11) is 0. The Hall–Kier alpha value is -2.44. The Bertz CT molecular complexity index is 572. The fourth-order valence-electron chi connectivity index (χ4n) is 2.66. The van der Waals surface area contributed by atoms with Crippen LogP contribution < -0.4 is 10.4 Å². The van der Waals surface area contributed by atoms with Crippen LogP contribution in [-0.4, -0.2) is 16.8 Å². The average Bonchev–Trinajstić information content (AvgIpc) is 2.47. The van der Waals surface area contributed by atoms with E-state index >= 15 is 0 Å². The lowest BCUT2D eigenvalue weighted by atomic mass is 9.78. The van der Waals surface area contributed by atoms with Crippen LogP contribution in [0.5, 0.6) is 0 Å². The van der Waals surface area contributed by atoms with Crippen molar-refractivity contribution in [2.75, 3.05) is 5.32 Å². The van der Waals surface area contributed by atoms with Gasteiger partial charge in [-0.2, -0.15) is 0 Å². The van der Waals surface area contributed by atoms with Crippen LogP contribution >= 0.6 is 0 Å². The number of nitrogens with zero attached hydrogens (tertiary/aromatic N) is 1. The number of non-ortho nitro benzene ring substituents is 1. The molecule has 0 bridgehead atoms. The van der Waals surface area contributed by atoms with E-state index in [1.54, 1.807) is 0 Å². The number of nitro groups is 1. The second kappa shape index (κ2) is 6.34. The van der Waals surface area contributed by atoms with Crippen molar-refractivity contribution in [2.45, 2.75) is 25.7 Å². The summed E-state index contributed by atoms with van der Waals surface area (Å²) in [5.74, 6) is -3.08. The highest BCUT2D eigenvalue weighted by atomic mass is 16.6. The molecular formula is C14H15N2O5-. The number of benzene rings is 1. The van der Waals surface area contributed by atoms with Gasteiger partial charge in [0.05, 0.1) is 4.92 Å².